The summed E-state index contributed by atoms with van der Waals surface area (Å²) in [6.07, 6.45) is 5.43. The summed E-state index contributed by atoms with van der Waals surface area (Å²) in [6.45, 7) is 1.88. The van der Waals surface area contributed by atoms with E-state index in [1.165, 1.54) is 11.6 Å². The van der Waals surface area contributed by atoms with Gasteiger partial charge in [-0.3, -0.25) is 9.88 Å². The van der Waals surface area contributed by atoms with E-state index in [-0.39, 0.29) is 5.82 Å². The van der Waals surface area contributed by atoms with E-state index in [2.05, 4.69) is 49.2 Å². The molecule has 2 aliphatic heterocycles. The van der Waals surface area contributed by atoms with Crippen molar-refractivity contribution in [3.63, 3.8) is 0 Å². The molecule has 6 nitrogen and oxygen atoms in total. The third-order valence-corrected chi connectivity index (χ3v) is 7.03. The van der Waals surface area contributed by atoms with Crippen LogP contribution in [-0.4, -0.2) is 52.1 Å². The number of likely N-dealkylation sites (N-methyl/N-ethyl adjacent to an activating group) is 1. The molecule has 2 aromatic carbocycles. The van der Waals surface area contributed by atoms with Crippen LogP contribution in [-0.2, 0) is 6.42 Å². The summed E-state index contributed by atoms with van der Waals surface area (Å²) in [5.41, 5.74) is 5.19. The second kappa shape index (κ2) is 9.07. The van der Waals surface area contributed by atoms with E-state index in [0.717, 1.165) is 42.9 Å². The quantitative estimate of drug-likeness (QED) is 0.436. The molecule has 0 amide bonds. The lowest BCUT2D eigenvalue weighted by Gasteiger charge is -2.33. The average molecular weight is 467 g/mol. The van der Waals surface area contributed by atoms with E-state index >= 15 is 4.39 Å². The van der Waals surface area contributed by atoms with Gasteiger partial charge in [0.25, 0.3) is 0 Å². The van der Waals surface area contributed by atoms with Crippen LogP contribution in [0.25, 0.3) is 11.3 Å². The molecule has 2 unspecified atom stereocenters. The van der Waals surface area contributed by atoms with Gasteiger partial charge in [-0.15, -0.1) is 0 Å². The normalized spacial score (nSPS) is 19.3. The van der Waals surface area contributed by atoms with Crippen LogP contribution in [0.5, 0.6) is 0 Å². The Kier molecular flexibility index (Phi) is 5.62. The zero-order valence-corrected chi connectivity index (χ0v) is 19.6. The lowest BCUT2D eigenvalue weighted by Crippen LogP contribution is -2.44. The Morgan fingerprint density at radius 2 is 1.86 bits per heavy atom. The van der Waals surface area contributed by atoms with Crippen molar-refractivity contribution in [2.75, 3.05) is 30.4 Å². The number of halogens is 1. The number of anilines is 3. The van der Waals surface area contributed by atoms with Crippen molar-refractivity contribution in [1.29, 1.82) is 0 Å². The van der Waals surface area contributed by atoms with Crippen LogP contribution in [0.1, 0.15) is 17.7 Å². The van der Waals surface area contributed by atoms with Gasteiger partial charge in [-0.2, -0.15) is 0 Å². The molecule has 176 valence electrons. The fraction of sp³-hybridized carbons (Fsp3) is 0.250. The Labute approximate surface area is 204 Å². The molecule has 1 N–H and O–H groups in total. The van der Waals surface area contributed by atoms with E-state index in [1.807, 2.05) is 54.7 Å². The first-order valence-corrected chi connectivity index (χ1v) is 12.0. The fourth-order valence-electron chi connectivity index (χ4n) is 5.17. The second-order valence-electron chi connectivity index (χ2n) is 9.39. The summed E-state index contributed by atoms with van der Waals surface area (Å²) in [5, 5.41) is 3.15. The maximum atomic E-state index is 15.0. The average Bonchev–Trinajstić information content (AvgIpc) is 3.45. The van der Waals surface area contributed by atoms with Gasteiger partial charge in [0, 0.05) is 60.9 Å². The first kappa shape index (κ1) is 21.7. The lowest BCUT2D eigenvalue weighted by atomic mass is 10.1. The third kappa shape index (κ3) is 4.47. The van der Waals surface area contributed by atoms with Gasteiger partial charge < -0.3 is 10.2 Å². The van der Waals surface area contributed by atoms with Crippen molar-refractivity contribution in [3.05, 3.63) is 96.2 Å². The predicted molar refractivity (Wildman–Crippen MR) is 136 cm³/mol. The maximum absolute atomic E-state index is 15.0. The van der Waals surface area contributed by atoms with Gasteiger partial charge >= 0.3 is 0 Å². The number of likely N-dealkylation sites (tertiary alicyclic amines) is 1. The van der Waals surface area contributed by atoms with Crippen LogP contribution in [0.4, 0.5) is 21.7 Å². The van der Waals surface area contributed by atoms with Crippen molar-refractivity contribution < 1.29 is 4.39 Å². The van der Waals surface area contributed by atoms with E-state index in [0.29, 0.717) is 29.4 Å². The molecule has 0 radical (unpaired) electrons. The zero-order valence-electron chi connectivity index (χ0n) is 19.6. The monoisotopic (exact) mass is 466 g/mol. The number of aromatic nitrogens is 3. The summed E-state index contributed by atoms with van der Waals surface area (Å²) in [5.74, 6) is 0.199. The van der Waals surface area contributed by atoms with Crippen molar-refractivity contribution >= 4 is 17.3 Å². The Morgan fingerprint density at radius 3 is 2.57 bits per heavy atom. The number of hydrogen-bond acceptors (Lipinski definition) is 6. The fourth-order valence-corrected chi connectivity index (χ4v) is 5.17. The molecule has 2 atom stereocenters. The highest BCUT2D eigenvalue weighted by atomic mass is 19.1. The lowest BCUT2D eigenvalue weighted by molar-refractivity contribution is 0.292. The van der Waals surface area contributed by atoms with Gasteiger partial charge in [0.05, 0.1) is 11.4 Å². The molecule has 35 heavy (non-hydrogen) atoms. The van der Waals surface area contributed by atoms with E-state index in [9.17, 15) is 0 Å². The first-order chi connectivity index (χ1) is 17.1. The molecule has 0 spiro atoms. The van der Waals surface area contributed by atoms with Crippen LogP contribution < -0.4 is 10.2 Å². The summed E-state index contributed by atoms with van der Waals surface area (Å²) in [6, 6.07) is 22.4. The van der Waals surface area contributed by atoms with Gasteiger partial charge in [-0.05, 0) is 55.4 Å². The van der Waals surface area contributed by atoms with E-state index in [1.54, 1.807) is 6.20 Å². The molecule has 2 bridgehead atoms. The SMILES string of the molecule is CN1CC2CC1CN2c1ccc(Nc2nccc(-c3ccc(Cc4ccccc4)nc3)n2)cc1F. The highest BCUT2D eigenvalue weighted by molar-refractivity contribution is 5.64. The van der Waals surface area contributed by atoms with E-state index in [4.69, 9.17) is 0 Å². The molecule has 7 heteroatoms. The van der Waals surface area contributed by atoms with Crippen LogP contribution in [0, 0.1) is 5.82 Å². The Hall–Kier alpha value is -3.84. The highest BCUT2D eigenvalue weighted by Crippen LogP contribution is 2.35. The van der Waals surface area contributed by atoms with Crippen molar-refractivity contribution in [3.8, 4) is 11.3 Å². The third-order valence-electron chi connectivity index (χ3n) is 7.03. The zero-order chi connectivity index (χ0) is 23.8. The molecule has 0 aliphatic carbocycles. The van der Waals surface area contributed by atoms with Crippen molar-refractivity contribution in [2.24, 2.45) is 0 Å². The highest BCUT2D eigenvalue weighted by Gasteiger charge is 2.42. The topological polar surface area (TPSA) is 57.2 Å². The maximum Gasteiger partial charge on any atom is 0.227 e. The van der Waals surface area contributed by atoms with Gasteiger partial charge in [0.2, 0.25) is 5.95 Å². The van der Waals surface area contributed by atoms with Crippen molar-refractivity contribution in [1.82, 2.24) is 19.9 Å². The number of fused-ring (bicyclic) bond motifs is 2. The number of rotatable bonds is 6. The molecule has 2 aromatic heterocycles. The minimum absolute atomic E-state index is 0.223. The number of benzene rings is 2. The van der Waals surface area contributed by atoms with Gasteiger partial charge in [-0.1, -0.05) is 30.3 Å². The molecular weight excluding hydrogens is 439 g/mol. The Morgan fingerprint density at radius 1 is 0.971 bits per heavy atom. The Balaban J connectivity index is 1.15. The summed E-state index contributed by atoms with van der Waals surface area (Å²) >= 11 is 0. The van der Waals surface area contributed by atoms with Gasteiger partial charge in [0.1, 0.15) is 5.82 Å². The largest absolute Gasteiger partial charge is 0.363 e. The van der Waals surface area contributed by atoms with Crippen LogP contribution >= 0.6 is 0 Å². The molecule has 0 saturated carbocycles. The molecule has 4 aromatic rings. The Bertz CT molecular complexity index is 1330. The minimum atomic E-state index is -0.223. The van der Waals surface area contributed by atoms with Crippen LogP contribution in [0.3, 0.4) is 0 Å². The number of pyridine rings is 1. The smallest absolute Gasteiger partial charge is 0.227 e. The second-order valence-corrected chi connectivity index (χ2v) is 9.39. The number of nitrogens with zero attached hydrogens (tertiary/aromatic N) is 5. The molecular formula is C28H27FN6. The number of nitrogens with one attached hydrogen (secondary N) is 1. The first-order valence-electron chi connectivity index (χ1n) is 12.0. The molecule has 4 heterocycles. The van der Waals surface area contributed by atoms with Crippen molar-refractivity contribution in [2.45, 2.75) is 24.9 Å². The summed E-state index contributed by atoms with van der Waals surface area (Å²) in [7, 11) is 2.15. The molecule has 2 fully saturated rings. The molecule has 6 rings (SSSR count). The molecule has 2 saturated heterocycles. The number of hydrogen-bond donors (Lipinski definition) is 1. The van der Waals surface area contributed by atoms with Gasteiger partial charge in [0.15, 0.2) is 0 Å². The summed E-state index contributed by atoms with van der Waals surface area (Å²) < 4.78 is 15.0. The standard InChI is InChI=1S/C28H27FN6/c1-34-17-24-15-23(34)18-35(24)27-10-9-22(14-25(27)29)32-28-30-12-11-26(33-28)20-7-8-21(31-16-20)13-19-5-3-2-4-6-19/h2-12,14,16,23-24H,13,15,17-18H2,1H3,(H,30,32,33). The van der Waals surface area contributed by atoms with Gasteiger partial charge in [-0.25, -0.2) is 14.4 Å². The summed E-state index contributed by atoms with van der Waals surface area (Å²) in [4.78, 5) is 18.1. The number of piperazine rings is 1. The van der Waals surface area contributed by atoms with E-state index < -0.39 is 0 Å². The molecule has 2 aliphatic rings. The predicted octanol–water partition coefficient (Wildman–Crippen LogP) is 4.90. The van der Waals surface area contributed by atoms with Crippen LogP contribution in [0.2, 0.25) is 0 Å². The van der Waals surface area contributed by atoms with Crippen LogP contribution in [0.15, 0.2) is 79.1 Å². The minimum Gasteiger partial charge on any atom is -0.363 e.